The standard InChI is InChI=1S/C22H31N5O4S/c1-3-31-20-10-6-5-9-19(20)25-13-15-27(16-14-25)32(29,30)21-18(17-24(2)23-21)22(28)26-11-7-4-8-12-26/h5-6,9-10,17H,3-4,7-8,11-16H2,1-2H3. The first-order chi connectivity index (χ1) is 15.4. The molecule has 2 aliphatic heterocycles. The zero-order valence-electron chi connectivity index (χ0n) is 18.7. The fourth-order valence-electron chi connectivity index (χ4n) is 4.36. The molecule has 3 heterocycles. The second-order valence-electron chi connectivity index (χ2n) is 8.17. The molecule has 10 heteroatoms. The van der Waals surface area contributed by atoms with Crippen LogP contribution in [-0.2, 0) is 17.1 Å². The number of aromatic nitrogens is 2. The summed E-state index contributed by atoms with van der Waals surface area (Å²) in [5.41, 5.74) is 1.13. The topological polar surface area (TPSA) is 88.0 Å². The summed E-state index contributed by atoms with van der Waals surface area (Å²) in [6.07, 6.45) is 4.51. The number of sulfonamides is 1. The van der Waals surface area contributed by atoms with E-state index in [1.165, 1.54) is 15.2 Å². The van der Waals surface area contributed by atoms with E-state index in [0.717, 1.165) is 30.7 Å². The van der Waals surface area contributed by atoms with Crippen LogP contribution in [0.3, 0.4) is 0 Å². The second kappa shape index (κ2) is 9.50. The number of carbonyl (C=O) groups excluding carboxylic acids is 1. The maximum atomic E-state index is 13.5. The maximum absolute atomic E-state index is 13.5. The Bertz CT molecular complexity index is 1050. The Hall–Kier alpha value is -2.59. The Balaban J connectivity index is 1.52. The van der Waals surface area contributed by atoms with Crippen molar-refractivity contribution in [3.63, 3.8) is 0 Å². The van der Waals surface area contributed by atoms with Crippen LogP contribution in [0.5, 0.6) is 5.75 Å². The average molecular weight is 462 g/mol. The number of ether oxygens (including phenoxy) is 1. The summed E-state index contributed by atoms with van der Waals surface area (Å²) in [6, 6.07) is 7.79. The van der Waals surface area contributed by atoms with Gasteiger partial charge in [-0.2, -0.15) is 9.40 Å². The molecule has 4 rings (SSSR count). The van der Waals surface area contributed by atoms with Crippen molar-refractivity contribution in [1.29, 1.82) is 0 Å². The summed E-state index contributed by atoms with van der Waals surface area (Å²) < 4.78 is 35.5. The van der Waals surface area contributed by atoms with Gasteiger partial charge in [-0.05, 0) is 38.3 Å². The summed E-state index contributed by atoms with van der Waals surface area (Å²) in [5.74, 6) is 0.547. The van der Waals surface area contributed by atoms with Gasteiger partial charge in [0.1, 0.15) is 5.75 Å². The lowest BCUT2D eigenvalue weighted by molar-refractivity contribution is 0.0720. The molecule has 174 valence electrons. The molecule has 0 N–H and O–H groups in total. The van der Waals surface area contributed by atoms with Crippen molar-refractivity contribution in [2.75, 3.05) is 50.8 Å². The fraction of sp³-hybridized carbons (Fsp3) is 0.545. The monoisotopic (exact) mass is 461 g/mol. The van der Waals surface area contributed by atoms with Gasteiger partial charge in [0.15, 0.2) is 0 Å². The Morgan fingerprint density at radius 1 is 1.03 bits per heavy atom. The lowest BCUT2D eigenvalue weighted by atomic mass is 10.1. The summed E-state index contributed by atoms with van der Waals surface area (Å²) in [7, 11) is -2.24. The van der Waals surface area contributed by atoms with Gasteiger partial charge >= 0.3 is 0 Å². The van der Waals surface area contributed by atoms with Crippen LogP contribution in [0.1, 0.15) is 36.5 Å². The summed E-state index contributed by atoms with van der Waals surface area (Å²) in [4.78, 5) is 16.9. The molecule has 1 aromatic heterocycles. The molecule has 2 aliphatic rings. The minimum absolute atomic E-state index is 0.140. The van der Waals surface area contributed by atoms with Gasteiger partial charge in [0.05, 0.1) is 17.9 Å². The molecule has 0 saturated carbocycles. The van der Waals surface area contributed by atoms with Gasteiger partial charge in [-0.1, -0.05) is 12.1 Å². The number of anilines is 1. The minimum atomic E-state index is -3.89. The number of likely N-dealkylation sites (tertiary alicyclic amines) is 1. The number of hydrogen-bond acceptors (Lipinski definition) is 6. The predicted octanol–water partition coefficient (Wildman–Crippen LogP) is 1.96. The minimum Gasteiger partial charge on any atom is -0.492 e. The van der Waals surface area contributed by atoms with E-state index in [2.05, 4.69) is 10.00 Å². The van der Waals surface area contributed by atoms with Crippen molar-refractivity contribution >= 4 is 21.6 Å². The largest absolute Gasteiger partial charge is 0.492 e. The average Bonchev–Trinajstić information content (AvgIpc) is 3.22. The molecule has 9 nitrogen and oxygen atoms in total. The Morgan fingerprint density at radius 2 is 1.72 bits per heavy atom. The lowest BCUT2D eigenvalue weighted by Gasteiger charge is -2.35. The molecule has 2 aromatic rings. The molecule has 0 radical (unpaired) electrons. The van der Waals surface area contributed by atoms with Gasteiger partial charge in [-0.15, -0.1) is 0 Å². The van der Waals surface area contributed by atoms with Crippen molar-refractivity contribution in [3.05, 3.63) is 36.0 Å². The highest BCUT2D eigenvalue weighted by Crippen LogP contribution is 2.30. The summed E-state index contributed by atoms with van der Waals surface area (Å²) in [5, 5.41) is 4.05. The SMILES string of the molecule is CCOc1ccccc1N1CCN(S(=O)(=O)c2nn(C)cc2C(=O)N2CCCCC2)CC1. The number of piperidine rings is 1. The van der Waals surface area contributed by atoms with Gasteiger partial charge in [0, 0.05) is 52.5 Å². The number of hydrogen-bond donors (Lipinski definition) is 0. The molecule has 0 aliphatic carbocycles. The molecule has 0 unspecified atom stereocenters. The van der Waals surface area contributed by atoms with Crippen LogP contribution in [0.25, 0.3) is 0 Å². The summed E-state index contributed by atoms with van der Waals surface area (Å²) in [6.45, 7) is 5.52. The maximum Gasteiger partial charge on any atom is 0.263 e. The van der Waals surface area contributed by atoms with Crippen molar-refractivity contribution in [2.45, 2.75) is 31.2 Å². The van der Waals surface area contributed by atoms with E-state index in [4.69, 9.17) is 4.74 Å². The number of rotatable bonds is 6. The van der Waals surface area contributed by atoms with E-state index in [1.54, 1.807) is 11.9 Å². The predicted molar refractivity (Wildman–Crippen MR) is 122 cm³/mol. The van der Waals surface area contributed by atoms with Crippen LogP contribution in [0.4, 0.5) is 5.69 Å². The van der Waals surface area contributed by atoms with Gasteiger partial charge in [0.2, 0.25) is 5.03 Å². The third-order valence-corrected chi connectivity index (χ3v) is 7.83. The van der Waals surface area contributed by atoms with E-state index in [0.29, 0.717) is 45.9 Å². The smallest absolute Gasteiger partial charge is 0.263 e. The molecule has 0 bridgehead atoms. The Kier molecular flexibility index (Phi) is 6.71. The van der Waals surface area contributed by atoms with Crippen LogP contribution in [0.15, 0.2) is 35.5 Å². The number of nitrogens with zero attached hydrogens (tertiary/aromatic N) is 5. The van der Waals surface area contributed by atoms with Gasteiger partial charge in [0.25, 0.3) is 15.9 Å². The van der Waals surface area contributed by atoms with Crippen LogP contribution in [0.2, 0.25) is 0 Å². The molecule has 1 amide bonds. The zero-order chi connectivity index (χ0) is 22.7. The summed E-state index contributed by atoms with van der Waals surface area (Å²) >= 11 is 0. The van der Waals surface area contributed by atoms with Crippen molar-refractivity contribution in [1.82, 2.24) is 19.0 Å². The molecule has 0 spiro atoms. The Labute approximate surface area is 189 Å². The van der Waals surface area contributed by atoms with Gasteiger partial charge < -0.3 is 14.5 Å². The first-order valence-electron chi connectivity index (χ1n) is 11.2. The first kappa shape index (κ1) is 22.6. The van der Waals surface area contributed by atoms with Crippen LogP contribution in [0, 0.1) is 0 Å². The van der Waals surface area contributed by atoms with Gasteiger partial charge in [-0.25, -0.2) is 8.42 Å². The van der Waals surface area contributed by atoms with E-state index in [9.17, 15) is 13.2 Å². The molecule has 32 heavy (non-hydrogen) atoms. The zero-order valence-corrected chi connectivity index (χ0v) is 19.6. The molecule has 1 aromatic carbocycles. The number of aryl methyl sites for hydroxylation is 1. The van der Waals surface area contributed by atoms with Crippen LogP contribution in [-0.4, -0.2) is 79.2 Å². The molecule has 2 saturated heterocycles. The van der Waals surface area contributed by atoms with Crippen molar-refractivity contribution in [3.8, 4) is 5.75 Å². The molecular weight excluding hydrogens is 430 g/mol. The van der Waals surface area contributed by atoms with E-state index >= 15 is 0 Å². The van der Waals surface area contributed by atoms with Crippen molar-refractivity contribution < 1.29 is 17.9 Å². The number of para-hydroxylation sites is 2. The third-order valence-electron chi connectivity index (χ3n) is 6.00. The number of piperazine rings is 1. The highest BCUT2D eigenvalue weighted by atomic mass is 32.2. The van der Waals surface area contributed by atoms with Crippen LogP contribution < -0.4 is 9.64 Å². The highest BCUT2D eigenvalue weighted by molar-refractivity contribution is 7.89. The quantitative estimate of drug-likeness (QED) is 0.654. The van der Waals surface area contributed by atoms with Crippen molar-refractivity contribution in [2.24, 2.45) is 7.05 Å². The number of amides is 1. The van der Waals surface area contributed by atoms with E-state index in [1.807, 2.05) is 31.2 Å². The second-order valence-corrected chi connectivity index (χ2v) is 10.0. The normalized spacial score (nSPS) is 18.1. The number of carbonyl (C=O) groups is 1. The van der Waals surface area contributed by atoms with Crippen LogP contribution >= 0.6 is 0 Å². The number of benzene rings is 1. The fourth-order valence-corrected chi connectivity index (χ4v) is 5.90. The molecule has 0 atom stereocenters. The van der Waals surface area contributed by atoms with E-state index < -0.39 is 10.0 Å². The van der Waals surface area contributed by atoms with E-state index in [-0.39, 0.29) is 16.5 Å². The lowest BCUT2D eigenvalue weighted by Crippen LogP contribution is -2.49. The third kappa shape index (κ3) is 4.47. The Morgan fingerprint density at radius 3 is 2.41 bits per heavy atom. The van der Waals surface area contributed by atoms with Gasteiger partial charge in [-0.3, -0.25) is 9.48 Å². The molecule has 2 fully saturated rings. The highest BCUT2D eigenvalue weighted by Gasteiger charge is 2.36. The molecular formula is C22H31N5O4S. The first-order valence-corrected chi connectivity index (χ1v) is 12.7.